The Bertz CT molecular complexity index is 1450. The van der Waals surface area contributed by atoms with Gasteiger partial charge >= 0.3 is 0 Å². The summed E-state index contributed by atoms with van der Waals surface area (Å²) in [5.41, 5.74) is 3.64. The fourth-order valence-corrected chi connectivity index (χ4v) is 6.93. The Labute approximate surface area is 239 Å². The molecule has 0 unspecified atom stereocenters. The topological polar surface area (TPSA) is 119 Å². The molecule has 3 aromatic rings. The molecule has 40 heavy (non-hydrogen) atoms. The maximum Gasteiger partial charge on any atom is 0.238 e. The third-order valence-electron chi connectivity index (χ3n) is 7.87. The molecule has 0 spiro atoms. The molecule has 11 nitrogen and oxygen atoms in total. The second-order valence-corrected chi connectivity index (χ2v) is 13.6. The van der Waals surface area contributed by atoms with Crippen LogP contribution in [0, 0.1) is 5.92 Å². The van der Waals surface area contributed by atoms with Gasteiger partial charge in [0.05, 0.1) is 48.1 Å². The van der Waals surface area contributed by atoms with E-state index in [0.29, 0.717) is 43.7 Å². The van der Waals surface area contributed by atoms with Crippen LogP contribution in [0.25, 0.3) is 21.5 Å². The van der Waals surface area contributed by atoms with E-state index in [1.165, 1.54) is 12.7 Å². The average molecular weight is 591 g/mol. The summed E-state index contributed by atoms with van der Waals surface area (Å²) in [6.07, 6.45) is 4.95. The summed E-state index contributed by atoms with van der Waals surface area (Å²) in [6.45, 7) is 9.81. The highest BCUT2D eigenvalue weighted by atomic mass is 32.2. The number of morpholine rings is 1. The molecule has 0 radical (unpaired) electrons. The van der Waals surface area contributed by atoms with E-state index in [1.54, 1.807) is 30.7 Å². The Morgan fingerprint density at radius 3 is 2.52 bits per heavy atom. The lowest BCUT2D eigenvalue weighted by Crippen LogP contribution is -2.42. The van der Waals surface area contributed by atoms with Gasteiger partial charge in [0.2, 0.25) is 21.9 Å². The molecule has 2 aliphatic rings. The van der Waals surface area contributed by atoms with Crippen LogP contribution in [0.15, 0.2) is 17.6 Å². The van der Waals surface area contributed by atoms with Gasteiger partial charge in [-0.3, -0.25) is 9.62 Å². The number of nitrogens with one attached hydrogen (secondary N) is 1. The van der Waals surface area contributed by atoms with E-state index in [4.69, 9.17) is 24.2 Å². The highest BCUT2D eigenvalue weighted by molar-refractivity contribution is 7.92. The molecular formula is C27H38N6O5S2. The van der Waals surface area contributed by atoms with Crippen molar-refractivity contribution >= 4 is 43.2 Å². The highest BCUT2D eigenvalue weighted by Gasteiger charge is 2.33. The van der Waals surface area contributed by atoms with Gasteiger partial charge in [-0.25, -0.2) is 23.4 Å². The van der Waals surface area contributed by atoms with E-state index in [-0.39, 0.29) is 17.2 Å². The minimum Gasteiger partial charge on any atom is -0.480 e. The summed E-state index contributed by atoms with van der Waals surface area (Å²) in [7, 11) is -0.284. The number of rotatable bonds is 9. The van der Waals surface area contributed by atoms with E-state index < -0.39 is 10.0 Å². The standard InChI is InChI=1S/C27H38N6O5S2/c1-27(2,37-4)20-6-8-32(9-7-20)16-19-17-39-24-22(29-26(30-23(19)24)33-10-12-38-13-11-33)18-14-21(31-40(5,34)35)25(36-3)28-15-18/h14-15,17,20,31H,6-13,16H2,1-5H3. The van der Waals surface area contributed by atoms with Gasteiger partial charge in [0.1, 0.15) is 5.69 Å². The third kappa shape index (κ3) is 6.33. The minimum atomic E-state index is -3.54. The van der Waals surface area contributed by atoms with Crippen LogP contribution in [0.1, 0.15) is 32.3 Å². The number of methoxy groups -OCH3 is 2. The van der Waals surface area contributed by atoms with Crippen molar-refractivity contribution in [1.29, 1.82) is 0 Å². The number of ether oxygens (including phenoxy) is 3. The largest absolute Gasteiger partial charge is 0.480 e. The Hall–Kier alpha value is -2.58. The molecular weight excluding hydrogens is 552 g/mol. The lowest BCUT2D eigenvalue weighted by molar-refractivity contribution is -0.0492. The normalized spacial score (nSPS) is 17.9. The van der Waals surface area contributed by atoms with Gasteiger partial charge in [0, 0.05) is 44.1 Å². The number of aromatic nitrogens is 3. The maximum absolute atomic E-state index is 12.0. The van der Waals surface area contributed by atoms with Crippen LogP contribution < -0.4 is 14.4 Å². The molecule has 5 rings (SSSR count). The van der Waals surface area contributed by atoms with E-state index in [2.05, 4.69) is 38.7 Å². The molecule has 13 heteroatoms. The van der Waals surface area contributed by atoms with Crippen molar-refractivity contribution in [3.63, 3.8) is 0 Å². The number of anilines is 2. The predicted octanol–water partition coefficient (Wildman–Crippen LogP) is 3.61. The van der Waals surface area contributed by atoms with Gasteiger partial charge in [0.15, 0.2) is 0 Å². The van der Waals surface area contributed by atoms with Gasteiger partial charge < -0.3 is 19.1 Å². The van der Waals surface area contributed by atoms with Crippen LogP contribution in [-0.2, 0) is 26.0 Å². The van der Waals surface area contributed by atoms with Crippen molar-refractivity contribution in [2.45, 2.75) is 38.8 Å². The van der Waals surface area contributed by atoms with Crippen LogP contribution >= 0.6 is 11.3 Å². The zero-order valence-electron chi connectivity index (χ0n) is 23.8. The number of likely N-dealkylation sites (tertiary alicyclic amines) is 1. The molecule has 3 aromatic heterocycles. The van der Waals surface area contributed by atoms with Crippen molar-refractivity contribution in [1.82, 2.24) is 19.9 Å². The minimum absolute atomic E-state index is 0.117. The SMILES string of the molecule is COc1ncc(-c2nc(N3CCOCC3)nc3c(CN4CCC(C(C)(C)OC)CC4)csc23)cc1NS(C)(=O)=O. The smallest absolute Gasteiger partial charge is 0.238 e. The van der Waals surface area contributed by atoms with E-state index in [9.17, 15) is 8.42 Å². The van der Waals surface area contributed by atoms with E-state index >= 15 is 0 Å². The zero-order valence-corrected chi connectivity index (χ0v) is 25.4. The number of thiophene rings is 1. The lowest BCUT2D eigenvalue weighted by atomic mass is 9.83. The second kappa shape index (κ2) is 11.7. The Kier molecular flexibility index (Phi) is 8.48. The maximum atomic E-state index is 12.0. The number of pyridine rings is 1. The van der Waals surface area contributed by atoms with Crippen molar-refractivity contribution in [3.8, 4) is 17.1 Å². The first-order valence-corrected chi connectivity index (χ1v) is 16.3. The lowest BCUT2D eigenvalue weighted by Gasteiger charge is -2.39. The van der Waals surface area contributed by atoms with Crippen LogP contribution in [0.2, 0.25) is 0 Å². The van der Waals surface area contributed by atoms with Crippen LogP contribution in [0.5, 0.6) is 5.88 Å². The first-order valence-electron chi connectivity index (χ1n) is 13.5. The number of piperidine rings is 1. The first kappa shape index (κ1) is 28.9. The van der Waals surface area contributed by atoms with Crippen molar-refractivity contribution in [2.75, 3.05) is 69.5 Å². The number of hydrogen-bond donors (Lipinski definition) is 1. The van der Waals surface area contributed by atoms with Crippen LogP contribution in [0.3, 0.4) is 0 Å². The van der Waals surface area contributed by atoms with Gasteiger partial charge in [-0.1, -0.05) is 0 Å². The fraction of sp³-hybridized carbons (Fsp3) is 0.593. The zero-order chi connectivity index (χ0) is 28.5. The number of hydrogen-bond acceptors (Lipinski definition) is 11. The Morgan fingerprint density at radius 1 is 1.15 bits per heavy atom. The monoisotopic (exact) mass is 590 g/mol. The van der Waals surface area contributed by atoms with Gasteiger partial charge in [-0.05, 0) is 57.1 Å². The molecule has 0 amide bonds. The Balaban J connectivity index is 1.51. The molecule has 5 heterocycles. The highest BCUT2D eigenvalue weighted by Crippen LogP contribution is 2.38. The Morgan fingerprint density at radius 2 is 1.88 bits per heavy atom. The molecule has 2 aliphatic heterocycles. The second-order valence-electron chi connectivity index (χ2n) is 10.9. The van der Waals surface area contributed by atoms with Crippen molar-refractivity contribution in [3.05, 3.63) is 23.2 Å². The summed E-state index contributed by atoms with van der Waals surface area (Å²) in [5.74, 6) is 1.37. The van der Waals surface area contributed by atoms with Crippen molar-refractivity contribution in [2.24, 2.45) is 5.92 Å². The van der Waals surface area contributed by atoms with Gasteiger partial charge in [-0.2, -0.15) is 0 Å². The molecule has 218 valence electrons. The molecule has 2 fully saturated rings. The quantitative estimate of drug-likeness (QED) is 0.396. The van der Waals surface area contributed by atoms with Gasteiger partial charge in [0.25, 0.3) is 0 Å². The number of sulfonamides is 1. The third-order valence-corrected chi connectivity index (χ3v) is 9.49. The predicted molar refractivity (Wildman–Crippen MR) is 158 cm³/mol. The molecule has 2 saturated heterocycles. The number of nitrogens with zero attached hydrogens (tertiary/aromatic N) is 5. The van der Waals surface area contributed by atoms with Crippen LogP contribution in [-0.4, -0.2) is 93.7 Å². The van der Waals surface area contributed by atoms with Gasteiger partial charge in [-0.15, -0.1) is 11.3 Å². The van der Waals surface area contributed by atoms with Crippen molar-refractivity contribution < 1.29 is 22.6 Å². The molecule has 0 aromatic carbocycles. The number of fused-ring (bicyclic) bond motifs is 1. The average Bonchev–Trinajstić information content (AvgIpc) is 3.35. The molecule has 0 aliphatic carbocycles. The summed E-state index contributed by atoms with van der Waals surface area (Å²) >= 11 is 1.60. The van der Waals surface area contributed by atoms with E-state index in [0.717, 1.165) is 54.6 Å². The molecule has 1 N–H and O–H groups in total. The molecule has 0 bridgehead atoms. The summed E-state index contributed by atoms with van der Waals surface area (Å²) in [5, 5.41) is 2.17. The first-order chi connectivity index (χ1) is 19.1. The summed E-state index contributed by atoms with van der Waals surface area (Å²) < 4.78 is 44.1. The summed E-state index contributed by atoms with van der Waals surface area (Å²) in [6, 6.07) is 1.72. The van der Waals surface area contributed by atoms with E-state index in [1.807, 2.05) is 0 Å². The molecule has 0 saturated carbocycles. The molecule has 0 atom stereocenters. The summed E-state index contributed by atoms with van der Waals surface area (Å²) in [4.78, 5) is 19.0. The fourth-order valence-electron chi connectivity index (χ4n) is 5.38. The van der Waals surface area contributed by atoms with Crippen LogP contribution in [0.4, 0.5) is 11.6 Å².